The first-order chi connectivity index (χ1) is 5.11. The molecule has 0 saturated heterocycles. The smallest absolute Gasteiger partial charge is 0.288 e. The minimum Gasteiger partial charge on any atom is -0.288 e. The average molecular weight is 154 g/mol. The van der Waals surface area contributed by atoms with Gasteiger partial charge in [0.15, 0.2) is 0 Å². The quantitative estimate of drug-likeness (QED) is 0.544. The Balaban J connectivity index is 2.74. The van der Waals surface area contributed by atoms with Crippen LogP contribution in [-0.4, -0.2) is 17.4 Å². The Kier molecular flexibility index (Phi) is 2.03. The molecule has 1 rings (SSSR count). The number of rotatable bonds is 1. The summed E-state index contributed by atoms with van der Waals surface area (Å²) in [6, 6.07) is 0. The van der Waals surface area contributed by atoms with Crippen molar-refractivity contribution in [1.29, 1.82) is 0 Å². The summed E-state index contributed by atoms with van der Waals surface area (Å²) in [5, 5.41) is 3.76. The van der Waals surface area contributed by atoms with Crippen molar-refractivity contribution >= 4 is 17.4 Å². The molecule has 0 atom stereocenters. The van der Waals surface area contributed by atoms with E-state index in [4.69, 9.17) is 0 Å². The van der Waals surface area contributed by atoms with Gasteiger partial charge in [0, 0.05) is 5.71 Å². The third-order valence-electron chi connectivity index (χ3n) is 1.56. The zero-order valence-corrected chi connectivity index (χ0v) is 6.55. The van der Waals surface area contributed by atoms with Crippen molar-refractivity contribution in [2.45, 2.75) is 20.3 Å². The van der Waals surface area contributed by atoms with E-state index in [1.54, 1.807) is 0 Å². The molecule has 0 unspecified atom stereocenters. The fourth-order valence-corrected chi connectivity index (χ4v) is 0.802. The number of carbonyl (C=O) groups is 2. The molecule has 0 aromatic carbocycles. The summed E-state index contributed by atoms with van der Waals surface area (Å²) in [6.07, 6.45) is 0.170. The average Bonchev–Trinajstić information content (AvgIpc) is 1.94. The number of hydrogen-bond acceptors (Lipinski definition) is 3. The van der Waals surface area contributed by atoms with E-state index in [0.717, 1.165) is 5.71 Å². The molecule has 0 spiro atoms. The van der Waals surface area contributed by atoms with Crippen LogP contribution in [0, 0.1) is 5.92 Å². The maximum Gasteiger partial charge on any atom is 0.307 e. The van der Waals surface area contributed by atoms with Crippen LogP contribution in [0.3, 0.4) is 0 Å². The van der Waals surface area contributed by atoms with Crippen LogP contribution >= 0.6 is 0 Å². The SMILES string of the molecule is CC(C)C1=NNC(=O)C(=O)C1. The topological polar surface area (TPSA) is 58.5 Å². The second kappa shape index (κ2) is 2.82. The maximum atomic E-state index is 10.8. The lowest BCUT2D eigenvalue weighted by Crippen LogP contribution is -2.36. The summed E-state index contributed by atoms with van der Waals surface area (Å²) in [5.41, 5.74) is 2.91. The molecule has 0 bridgehead atoms. The highest BCUT2D eigenvalue weighted by molar-refractivity contribution is 6.41. The molecule has 1 N–H and O–H groups in total. The minimum absolute atomic E-state index is 0.170. The first-order valence-corrected chi connectivity index (χ1v) is 3.51. The third kappa shape index (κ3) is 1.63. The van der Waals surface area contributed by atoms with E-state index in [2.05, 4.69) is 10.5 Å². The van der Waals surface area contributed by atoms with Crippen molar-refractivity contribution < 1.29 is 9.59 Å². The van der Waals surface area contributed by atoms with Crippen molar-refractivity contribution in [1.82, 2.24) is 5.43 Å². The molecule has 0 fully saturated rings. The van der Waals surface area contributed by atoms with Crippen molar-refractivity contribution in [3.05, 3.63) is 0 Å². The largest absolute Gasteiger partial charge is 0.307 e. The lowest BCUT2D eigenvalue weighted by molar-refractivity contribution is -0.137. The molecule has 1 amide bonds. The van der Waals surface area contributed by atoms with Crippen LogP contribution in [0.1, 0.15) is 20.3 Å². The summed E-state index contributed by atoms with van der Waals surface area (Å²) in [4.78, 5) is 21.4. The molecule has 0 aromatic rings. The Morgan fingerprint density at radius 2 is 2.09 bits per heavy atom. The molecule has 1 heterocycles. The molecule has 0 saturated carbocycles. The number of carbonyl (C=O) groups excluding carboxylic acids is 2. The highest BCUT2D eigenvalue weighted by Crippen LogP contribution is 2.05. The molecule has 4 nitrogen and oxygen atoms in total. The molecule has 1 aliphatic heterocycles. The van der Waals surface area contributed by atoms with Gasteiger partial charge in [0.25, 0.3) is 0 Å². The molecule has 0 aliphatic carbocycles. The summed E-state index contributed by atoms with van der Waals surface area (Å²) in [7, 11) is 0. The summed E-state index contributed by atoms with van der Waals surface area (Å²) >= 11 is 0. The van der Waals surface area contributed by atoms with Gasteiger partial charge in [-0.1, -0.05) is 13.8 Å². The van der Waals surface area contributed by atoms with Gasteiger partial charge in [-0.05, 0) is 5.92 Å². The van der Waals surface area contributed by atoms with Crippen LogP contribution in [0.2, 0.25) is 0 Å². The van der Waals surface area contributed by atoms with Gasteiger partial charge in [-0.15, -0.1) is 0 Å². The number of Topliss-reactive ketones (excluding diaryl/α,β-unsaturated/α-hetero) is 1. The van der Waals surface area contributed by atoms with E-state index >= 15 is 0 Å². The Morgan fingerprint density at radius 3 is 2.55 bits per heavy atom. The van der Waals surface area contributed by atoms with Crippen LogP contribution in [0.4, 0.5) is 0 Å². The van der Waals surface area contributed by atoms with E-state index in [1.807, 2.05) is 13.8 Å². The zero-order valence-electron chi connectivity index (χ0n) is 6.55. The number of nitrogens with one attached hydrogen (secondary N) is 1. The zero-order chi connectivity index (χ0) is 8.43. The van der Waals surface area contributed by atoms with Crippen molar-refractivity contribution in [3.8, 4) is 0 Å². The number of ketones is 1. The van der Waals surface area contributed by atoms with Crippen LogP contribution in [0.25, 0.3) is 0 Å². The molecule has 0 radical (unpaired) electrons. The number of hydrogen-bond donors (Lipinski definition) is 1. The minimum atomic E-state index is -0.602. The number of hydrazone groups is 1. The second-order valence-corrected chi connectivity index (χ2v) is 2.80. The fourth-order valence-electron chi connectivity index (χ4n) is 0.802. The highest BCUT2D eigenvalue weighted by Gasteiger charge is 2.22. The Morgan fingerprint density at radius 1 is 1.45 bits per heavy atom. The van der Waals surface area contributed by atoms with Gasteiger partial charge < -0.3 is 0 Å². The normalized spacial score (nSPS) is 18.3. The van der Waals surface area contributed by atoms with Crippen molar-refractivity contribution in [2.75, 3.05) is 0 Å². The van der Waals surface area contributed by atoms with E-state index < -0.39 is 11.7 Å². The molecule has 0 aromatic heterocycles. The van der Waals surface area contributed by atoms with Gasteiger partial charge in [-0.2, -0.15) is 5.10 Å². The Hall–Kier alpha value is -1.19. The first-order valence-electron chi connectivity index (χ1n) is 3.51. The van der Waals surface area contributed by atoms with Gasteiger partial charge in [0.1, 0.15) is 0 Å². The number of nitrogens with zero attached hydrogens (tertiary/aromatic N) is 1. The second-order valence-electron chi connectivity index (χ2n) is 2.80. The third-order valence-corrected chi connectivity index (χ3v) is 1.56. The molecule has 60 valence electrons. The fraction of sp³-hybridized carbons (Fsp3) is 0.571. The molecular weight excluding hydrogens is 144 g/mol. The highest BCUT2D eigenvalue weighted by atomic mass is 16.2. The van der Waals surface area contributed by atoms with E-state index in [9.17, 15) is 9.59 Å². The van der Waals surface area contributed by atoms with Crippen LogP contribution < -0.4 is 5.43 Å². The monoisotopic (exact) mass is 154 g/mol. The predicted molar refractivity (Wildman–Crippen MR) is 40.0 cm³/mol. The summed E-state index contributed by atoms with van der Waals surface area (Å²) in [5.74, 6) is -0.780. The number of amides is 1. The van der Waals surface area contributed by atoms with Crippen LogP contribution in [0.5, 0.6) is 0 Å². The van der Waals surface area contributed by atoms with Crippen LogP contribution in [0.15, 0.2) is 5.10 Å². The van der Waals surface area contributed by atoms with E-state index in [1.165, 1.54) is 0 Å². The standard InChI is InChI=1S/C7H10N2O2/c1-4(2)5-3-6(10)7(11)9-8-5/h4H,3H2,1-2H3,(H,9,11). The van der Waals surface area contributed by atoms with Crippen LogP contribution in [-0.2, 0) is 9.59 Å². The van der Waals surface area contributed by atoms with E-state index in [0.29, 0.717) is 0 Å². The molecular formula is C7H10N2O2. The summed E-state index contributed by atoms with van der Waals surface area (Å²) < 4.78 is 0. The van der Waals surface area contributed by atoms with Crippen molar-refractivity contribution in [3.63, 3.8) is 0 Å². The lowest BCUT2D eigenvalue weighted by atomic mass is 10.0. The predicted octanol–water partition coefficient (Wildman–Crippen LogP) is 0.0874. The molecule has 11 heavy (non-hydrogen) atoms. The maximum absolute atomic E-state index is 10.8. The molecule has 1 aliphatic rings. The van der Waals surface area contributed by atoms with Gasteiger partial charge >= 0.3 is 5.91 Å². The van der Waals surface area contributed by atoms with Gasteiger partial charge in [-0.3, -0.25) is 9.59 Å². The van der Waals surface area contributed by atoms with E-state index in [-0.39, 0.29) is 12.3 Å². The Labute approximate surface area is 64.7 Å². The van der Waals surface area contributed by atoms with Crippen molar-refractivity contribution in [2.24, 2.45) is 11.0 Å². The molecule has 4 heteroatoms. The lowest BCUT2D eigenvalue weighted by Gasteiger charge is -2.12. The van der Waals surface area contributed by atoms with Gasteiger partial charge in [0.2, 0.25) is 5.78 Å². The first kappa shape index (κ1) is 7.91. The summed E-state index contributed by atoms with van der Waals surface area (Å²) in [6.45, 7) is 3.87. The van der Waals surface area contributed by atoms with Gasteiger partial charge in [0.05, 0.1) is 6.42 Å². The van der Waals surface area contributed by atoms with Gasteiger partial charge in [-0.25, -0.2) is 5.43 Å². The Bertz CT molecular complexity index is 231.